The molecule has 1 N–H and O–H groups in total. The lowest BCUT2D eigenvalue weighted by Gasteiger charge is -2.15. The molecule has 2 aromatic carbocycles. The molecule has 30 heavy (non-hydrogen) atoms. The molecule has 2 amide bonds. The molecule has 158 valence electrons. The minimum atomic E-state index is -0.474. The number of aliphatic imine (C=N–C) groups is 1. The van der Waals surface area contributed by atoms with E-state index in [4.69, 9.17) is 4.74 Å². The first-order chi connectivity index (χ1) is 14.4. The Balaban J connectivity index is 1.74. The Morgan fingerprint density at radius 1 is 1.17 bits per heavy atom. The molecule has 0 spiro atoms. The molecule has 1 saturated heterocycles. The largest absolute Gasteiger partial charge is 0.497 e. The highest BCUT2D eigenvalue weighted by Gasteiger charge is 2.38. The van der Waals surface area contributed by atoms with Crippen molar-refractivity contribution in [3.8, 4) is 5.75 Å². The summed E-state index contributed by atoms with van der Waals surface area (Å²) in [7, 11) is 1.61. The number of rotatable bonds is 7. The van der Waals surface area contributed by atoms with E-state index in [1.165, 1.54) is 11.8 Å². The van der Waals surface area contributed by atoms with Crippen LogP contribution in [0.3, 0.4) is 0 Å². The molecule has 1 heterocycles. The van der Waals surface area contributed by atoms with Gasteiger partial charge < -0.3 is 10.1 Å². The molecule has 3 rings (SSSR count). The molecular weight excluding hydrogens is 398 g/mol. The van der Waals surface area contributed by atoms with Gasteiger partial charge in [-0.2, -0.15) is 0 Å². The monoisotopic (exact) mass is 425 g/mol. The summed E-state index contributed by atoms with van der Waals surface area (Å²) < 4.78 is 5.18. The van der Waals surface area contributed by atoms with Crippen LogP contribution in [0, 0.1) is 13.8 Å². The van der Waals surface area contributed by atoms with Gasteiger partial charge in [0.2, 0.25) is 11.8 Å². The van der Waals surface area contributed by atoms with Gasteiger partial charge in [0.25, 0.3) is 0 Å². The van der Waals surface area contributed by atoms with Crippen molar-refractivity contribution < 1.29 is 14.3 Å². The van der Waals surface area contributed by atoms with E-state index >= 15 is 0 Å². The number of carbonyl (C=O) groups excluding carboxylic acids is 2. The van der Waals surface area contributed by atoms with E-state index in [1.807, 2.05) is 63.2 Å². The van der Waals surface area contributed by atoms with Crippen molar-refractivity contribution in [2.24, 2.45) is 4.99 Å². The molecule has 0 aromatic heterocycles. The molecule has 2 aromatic rings. The Bertz CT molecular complexity index is 936. The SMILES string of the molecule is CCCN1C(=O)[C@H](CC(=O)Nc2c(C)cccc2C)SC1=Nc1ccc(OC)cc1. The summed E-state index contributed by atoms with van der Waals surface area (Å²) in [5.41, 5.74) is 3.56. The second kappa shape index (κ2) is 9.80. The van der Waals surface area contributed by atoms with E-state index in [-0.39, 0.29) is 18.2 Å². The maximum Gasteiger partial charge on any atom is 0.242 e. The van der Waals surface area contributed by atoms with E-state index in [2.05, 4.69) is 10.3 Å². The molecule has 1 fully saturated rings. The number of methoxy groups -OCH3 is 1. The van der Waals surface area contributed by atoms with Gasteiger partial charge in [-0.25, -0.2) is 4.99 Å². The Hall–Kier alpha value is -2.80. The number of ether oxygens (including phenoxy) is 1. The number of thioether (sulfide) groups is 1. The summed E-state index contributed by atoms with van der Waals surface area (Å²) in [5, 5.41) is 3.14. The van der Waals surface area contributed by atoms with E-state index in [0.29, 0.717) is 11.7 Å². The Morgan fingerprint density at radius 2 is 1.83 bits per heavy atom. The fourth-order valence-electron chi connectivity index (χ4n) is 3.29. The quantitative estimate of drug-likeness (QED) is 0.699. The highest BCUT2D eigenvalue weighted by Crippen LogP contribution is 2.32. The van der Waals surface area contributed by atoms with Crippen molar-refractivity contribution in [1.82, 2.24) is 4.90 Å². The van der Waals surface area contributed by atoms with Crippen molar-refractivity contribution in [2.45, 2.75) is 38.9 Å². The summed E-state index contributed by atoms with van der Waals surface area (Å²) in [6.07, 6.45) is 0.925. The fraction of sp³-hybridized carbons (Fsp3) is 0.348. The van der Waals surface area contributed by atoms with Crippen molar-refractivity contribution in [1.29, 1.82) is 0 Å². The van der Waals surface area contributed by atoms with Gasteiger partial charge in [0.05, 0.1) is 12.8 Å². The number of para-hydroxylation sites is 1. The lowest BCUT2D eigenvalue weighted by Crippen LogP contribution is -2.34. The number of nitrogens with one attached hydrogen (secondary N) is 1. The second-order valence-electron chi connectivity index (χ2n) is 7.21. The van der Waals surface area contributed by atoms with Crippen LogP contribution in [-0.4, -0.2) is 40.8 Å². The van der Waals surface area contributed by atoms with Gasteiger partial charge in [-0.05, 0) is 55.7 Å². The van der Waals surface area contributed by atoms with Crippen molar-refractivity contribution in [3.05, 3.63) is 53.6 Å². The molecule has 0 saturated carbocycles. The molecule has 1 aliphatic heterocycles. The van der Waals surface area contributed by atoms with Gasteiger partial charge in [-0.3, -0.25) is 14.5 Å². The van der Waals surface area contributed by atoms with Gasteiger partial charge in [0.15, 0.2) is 5.17 Å². The van der Waals surface area contributed by atoms with Crippen LogP contribution in [0.2, 0.25) is 0 Å². The van der Waals surface area contributed by atoms with Gasteiger partial charge in [-0.15, -0.1) is 0 Å². The predicted octanol–water partition coefficient (Wildman–Crippen LogP) is 4.68. The molecule has 1 atom stereocenters. The Labute approximate surface area is 181 Å². The highest BCUT2D eigenvalue weighted by atomic mass is 32.2. The third kappa shape index (κ3) is 5.02. The zero-order valence-electron chi connectivity index (χ0n) is 17.8. The van der Waals surface area contributed by atoms with Gasteiger partial charge in [-0.1, -0.05) is 36.9 Å². The van der Waals surface area contributed by atoms with E-state index in [9.17, 15) is 9.59 Å². The summed E-state index contributed by atoms with van der Waals surface area (Å²) in [6.45, 7) is 6.52. The lowest BCUT2D eigenvalue weighted by atomic mass is 10.1. The summed E-state index contributed by atoms with van der Waals surface area (Å²) in [4.78, 5) is 31.9. The Kier molecular flexibility index (Phi) is 7.15. The van der Waals surface area contributed by atoms with Crippen LogP contribution >= 0.6 is 11.8 Å². The normalized spacial score (nSPS) is 17.5. The average Bonchev–Trinajstić information content (AvgIpc) is 3.00. The van der Waals surface area contributed by atoms with E-state index < -0.39 is 5.25 Å². The van der Waals surface area contributed by atoms with Crippen molar-refractivity contribution >= 4 is 40.1 Å². The van der Waals surface area contributed by atoms with E-state index in [0.717, 1.165) is 34.7 Å². The number of anilines is 1. The minimum Gasteiger partial charge on any atom is -0.497 e. The lowest BCUT2D eigenvalue weighted by molar-refractivity contribution is -0.128. The van der Waals surface area contributed by atoms with Gasteiger partial charge in [0, 0.05) is 18.7 Å². The summed E-state index contributed by atoms with van der Waals surface area (Å²) in [5.74, 6) is 0.520. The number of aryl methyl sites for hydroxylation is 2. The maximum atomic E-state index is 12.9. The first-order valence-corrected chi connectivity index (χ1v) is 10.9. The van der Waals surface area contributed by atoms with Crippen LogP contribution < -0.4 is 10.1 Å². The molecule has 0 bridgehead atoms. The fourth-order valence-corrected chi connectivity index (χ4v) is 4.48. The van der Waals surface area contributed by atoms with Gasteiger partial charge >= 0.3 is 0 Å². The third-order valence-corrected chi connectivity index (χ3v) is 6.06. The number of amidine groups is 1. The third-order valence-electron chi connectivity index (χ3n) is 4.88. The minimum absolute atomic E-state index is 0.0641. The predicted molar refractivity (Wildman–Crippen MR) is 123 cm³/mol. The molecule has 0 aliphatic carbocycles. The number of carbonyl (C=O) groups is 2. The molecule has 1 aliphatic rings. The molecule has 0 unspecified atom stereocenters. The van der Waals surface area contributed by atoms with Crippen LogP contribution in [0.5, 0.6) is 5.75 Å². The zero-order valence-corrected chi connectivity index (χ0v) is 18.6. The second-order valence-corrected chi connectivity index (χ2v) is 8.38. The number of hydrogen-bond acceptors (Lipinski definition) is 5. The first-order valence-electron chi connectivity index (χ1n) is 9.99. The molecule has 7 heteroatoms. The first kappa shape index (κ1) is 21.9. The smallest absolute Gasteiger partial charge is 0.242 e. The standard InChI is InChI=1S/C23H27N3O3S/c1-5-13-26-22(28)19(14-20(27)25-21-15(2)7-6-8-16(21)3)30-23(26)24-17-9-11-18(29-4)12-10-17/h6-12,19H,5,13-14H2,1-4H3,(H,25,27)/t19-/m0/s1. The van der Waals surface area contributed by atoms with Crippen LogP contribution in [-0.2, 0) is 9.59 Å². The number of amides is 2. The average molecular weight is 426 g/mol. The molecule has 6 nitrogen and oxygen atoms in total. The highest BCUT2D eigenvalue weighted by molar-refractivity contribution is 8.15. The molecular formula is C23H27N3O3S. The van der Waals surface area contributed by atoms with Gasteiger partial charge in [0.1, 0.15) is 11.0 Å². The summed E-state index contributed by atoms with van der Waals surface area (Å²) >= 11 is 1.35. The van der Waals surface area contributed by atoms with Crippen LogP contribution in [0.4, 0.5) is 11.4 Å². The number of benzene rings is 2. The zero-order chi connectivity index (χ0) is 21.7. The Morgan fingerprint density at radius 3 is 2.43 bits per heavy atom. The van der Waals surface area contributed by atoms with Crippen molar-refractivity contribution in [3.63, 3.8) is 0 Å². The van der Waals surface area contributed by atoms with Crippen LogP contribution in [0.15, 0.2) is 47.5 Å². The number of nitrogens with zero attached hydrogens (tertiary/aromatic N) is 2. The maximum absolute atomic E-state index is 12.9. The van der Waals surface area contributed by atoms with E-state index in [1.54, 1.807) is 12.0 Å². The summed E-state index contributed by atoms with van der Waals surface area (Å²) in [6, 6.07) is 13.2. The molecule has 0 radical (unpaired) electrons. The topological polar surface area (TPSA) is 71.0 Å². The number of hydrogen-bond donors (Lipinski definition) is 1. The van der Waals surface area contributed by atoms with Crippen molar-refractivity contribution in [2.75, 3.05) is 19.0 Å². The van der Waals surface area contributed by atoms with Crippen LogP contribution in [0.25, 0.3) is 0 Å². The van der Waals surface area contributed by atoms with Crippen LogP contribution in [0.1, 0.15) is 30.9 Å².